The van der Waals surface area contributed by atoms with Crippen molar-refractivity contribution in [2.75, 3.05) is 49.1 Å². The molecule has 0 aromatic heterocycles. The Balaban J connectivity index is 1.36. The topological polar surface area (TPSA) is 81.2 Å². The van der Waals surface area contributed by atoms with E-state index in [2.05, 4.69) is 9.80 Å². The van der Waals surface area contributed by atoms with Crippen molar-refractivity contribution in [3.63, 3.8) is 0 Å². The first-order valence-corrected chi connectivity index (χ1v) is 11.0. The highest BCUT2D eigenvalue weighted by Crippen LogP contribution is 2.26. The van der Waals surface area contributed by atoms with Gasteiger partial charge in [-0.2, -0.15) is 0 Å². The molecule has 26 heavy (non-hydrogen) atoms. The summed E-state index contributed by atoms with van der Waals surface area (Å²) in [6.45, 7) is 3.55. The first-order valence-electron chi connectivity index (χ1n) is 9.18. The zero-order valence-electron chi connectivity index (χ0n) is 14.7. The van der Waals surface area contributed by atoms with Crippen LogP contribution in [0, 0.1) is 0 Å². The van der Waals surface area contributed by atoms with Gasteiger partial charge in [-0.3, -0.25) is 14.6 Å². The lowest BCUT2D eigenvalue weighted by Gasteiger charge is -2.40. The number of anilines is 1. The van der Waals surface area contributed by atoms with E-state index in [1.165, 1.54) is 0 Å². The predicted molar refractivity (Wildman–Crippen MR) is 98.8 cm³/mol. The Morgan fingerprint density at radius 2 is 1.58 bits per heavy atom. The Morgan fingerprint density at radius 1 is 0.923 bits per heavy atom. The summed E-state index contributed by atoms with van der Waals surface area (Å²) in [4.78, 5) is 19.0. The number of carbonyl (C=O) groups excluding carboxylic acids is 1. The van der Waals surface area contributed by atoms with Crippen LogP contribution in [0.5, 0.6) is 0 Å². The molecule has 3 fully saturated rings. The van der Waals surface area contributed by atoms with Gasteiger partial charge in [-0.25, -0.2) is 8.42 Å². The van der Waals surface area contributed by atoms with Crippen molar-refractivity contribution in [3.05, 3.63) is 30.3 Å². The highest BCUT2D eigenvalue weighted by molar-refractivity contribution is 7.91. The van der Waals surface area contributed by atoms with E-state index in [1.807, 2.05) is 35.2 Å². The van der Waals surface area contributed by atoms with E-state index in [0.717, 1.165) is 31.7 Å². The normalized spacial score (nSPS) is 33.0. The van der Waals surface area contributed by atoms with E-state index >= 15 is 0 Å². The molecule has 0 bridgehead atoms. The summed E-state index contributed by atoms with van der Waals surface area (Å²) in [6, 6.07) is 9.33. The van der Waals surface area contributed by atoms with Gasteiger partial charge in [0.15, 0.2) is 9.84 Å². The predicted octanol–water partition coefficient (Wildman–Crippen LogP) is -0.433. The SMILES string of the molecule is O=C1[C@H](N2CCN([C@@H]3CS(=O)(=O)C[C@H]3O)CC2)CCN1c1ccccc1. The lowest BCUT2D eigenvalue weighted by Crippen LogP contribution is -2.56. The van der Waals surface area contributed by atoms with Gasteiger partial charge in [-0.05, 0) is 18.6 Å². The third-order valence-electron chi connectivity index (χ3n) is 5.80. The van der Waals surface area contributed by atoms with Crippen LogP contribution in [0.25, 0.3) is 0 Å². The molecule has 0 saturated carbocycles. The molecule has 7 nitrogen and oxygen atoms in total. The number of aliphatic hydroxyl groups is 1. The number of piperazine rings is 1. The fourth-order valence-electron chi connectivity index (χ4n) is 4.41. The molecule has 0 unspecified atom stereocenters. The average Bonchev–Trinajstić information content (AvgIpc) is 3.14. The van der Waals surface area contributed by atoms with Crippen LogP contribution >= 0.6 is 0 Å². The molecule has 3 aliphatic rings. The largest absolute Gasteiger partial charge is 0.390 e. The summed E-state index contributed by atoms with van der Waals surface area (Å²) in [6.07, 6.45) is 0.0157. The number of hydrogen-bond donors (Lipinski definition) is 1. The molecule has 0 aliphatic carbocycles. The molecule has 1 aromatic carbocycles. The minimum atomic E-state index is -3.14. The zero-order valence-corrected chi connectivity index (χ0v) is 15.5. The molecule has 4 rings (SSSR count). The molecule has 0 radical (unpaired) electrons. The second kappa shape index (κ2) is 6.92. The number of rotatable bonds is 3. The Kier molecular flexibility index (Phi) is 4.77. The molecule has 3 aliphatic heterocycles. The summed E-state index contributed by atoms with van der Waals surface area (Å²) in [5.74, 6) is 0.0525. The molecule has 3 heterocycles. The van der Waals surface area contributed by atoms with Gasteiger partial charge >= 0.3 is 0 Å². The number of aliphatic hydroxyl groups excluding tert-OH is 1. The van der Waals surface area contributed by atoms with Crippen LogP contribution in [0.4, 0.5) is 5.69 Å². The number of carbonyl (C=O) groups is 1. The minimum absolute atomic E-state index is 0.0400. The van der Waals surface area contributed by atoms with E-state index in [-0.39, 0.29) is 29.5 Å². The van der Waals surface area contributed by atoms with Gasteiger partial charge in [0.1, 0.15) is 0 Å². The number of amides is 1. The molecular formula is C18H25N3O4S. The molecular weight excluding hydrogens is 354 g/mol. The first kappa shape index (κ1) is 17.9. The van der Waals surface area contributed by atoms with E-state index in [4.69, 9.17) is 0 Å². The molecule has 142 valence electrons. The third kappa shape index (κ3) is 3.38. The van der Waals surface area contributed by atoms with Crippen LogP contribution < -0.4 is 4.90 Å². The molecule has 3 atom stereocenters. The van der Waals surface area contributed by atoms with E-state index in [0.29, 0.717) is 13.1 Å². The number of benzene rings is 1. The van der Waals surface area contributed by atoms with Gasteiger partial charge in [-0.1, -0.05) is 18.2 Å². The monoisotopic (exact) mass is 379 g/mol. The Labute approximate surface area is 154 Å². The van der Waals surface area contributed by atoms with E-state index in [9.17, 15) is 18.3 Å². The molecule has 1 aromatic rings. The van der Waals surface area contributed by atoms with Crippen LogP contribution in [0.1, 0.15) is 6.42 Å². The average molecular weight is 379 g/mol. The van der Waals surface area contributed by atoms with Gasteiger partial charge in [-0.15, -0.1) is 0 Å². The molecule has 3 saturated heterocycles. The quantitative estimate of drug-likeness (QED) is 0.768. The number of nitrogens with zero attached hydrogens (tertiary/aromatic N) is 3. The molecule has 1 amide bonds. The van der Waals surface area contributed by atoms with Gasteiger partial charge in [0.25, 0.3) is 0 Å². The highest BCUT2D eigenvalue weighted by Gasteiger charge is 2.43. The van der Waals surface area contributed by atoms with Gasteiger partial charge in [0.05, 0.1) is 29.7 Å². The van der Waals surface area contributed by atoms with Crippen molar-refractivity contribution < 1.29 is 18.3 Å². The van der Waals surface area contributed by atoms with Crippen LogP contribution in [0.2, 0.25) is 0 Å². The maximum Gasteiger partial charge on any atom is 0.244 e. The van der Waals surface area contributed by atoms with Crippen LogP contribution in [-0.4, -0.2) is 91.6 Å². The van der Waals surface area contributed by atoms with Crippen molar-refractivity contribution in [1.82, 2.24) is 9.80 Å². The summed E-state index contributed by atoms with van der Waals surface area (Å²) < 4.78 is 23.5. The number of para-hydroxylation sites is 1. The Bertz CT molecular complexity index is 762. The van der Waals surface area contributed by atoms with Crippen molar-refractivity contribution >= 4 is 21.4 Å². The van der Waals surface area contributed by atoms with E-state index < -0.39 is 15.9 Å². The fourth-order valence-corrected chi connectivity index (χ4v) is 6.24. The number of sulfone groups is 1. The Hall–Kier alpha value is -1.48. The fraction of sp³-hybridized carbons (Fsp3) is 0.611. The minimum Gasteiger partial charge on any atom is -0.390 e. The van der Waals surface area contributed by atoms with Crippen molar-refractivity contribution in [1.29, 1.82) is 0 Å². The second-order valence-corrected chi connectivity index (χ2v) is 9.57. The summed E-state index contributed by atoms with van der Waals surface area (Å²) >= 11 is 0. The summed E-state index contributed by atoms with van der Waals surface area (Å²) in [5.41, 5.74) is 0.943. The van der Waals surface area contributed by atoms with Gasteiger partial charge in [0.2, 0.25) is 5.91 Å². The maximum atomic E-state index is 12.8. The highest BCUT2D eigenvalue weighted by atomic mass is 32.2. The van der Waals surface area contributed by atoms with Gasteiger partial charge in [0, 0.05) is 38.4 Å². The number of hydrogen-bond acceptors (Lipinski definition) is 6. The summed E-state index contributed by atoms with van der Waals surface area (Å²) in [5, 5.41) is 10.1. The lowest BCUT2D eigenvalue weighted by molar-refractivity contribution is -0.122. The van der Waals surface area contributed by atoms with Gasteiger partial charge < -0.3 is 10.0 Å². The molecule has 8 heteroatoms. The standard InChI is InChI=1S/C18H25N3O4S/c22-17-13-26(24,25)12-16(17)20-10-8-19(9-11-20)15-6-7-21(18(15)23)14-4-2-1-3-5-14/h1-5,15-17,22H,6-13H2/t15-,16-,17-/m1/s1. The smallest absolute Gasteiger partial charge is 0.244 e. The first-order chi connectivity index (χ1) is 12.4. The summed E-state index contributed by atoms with van der Waals surface area (Å²) in [7, 11) is -3.14. The lowest BCUT2D eigenvalue weighted by atomic mass is 10.1. The van der Waals surface area contributed by atoms with Crippen LogP contribution in [0.15, 0.2) is 30.3 Å². The van der Waals surface area contributed by atoms with Crippen molar-refractivity contribution in [2.24, 2.45) is 0 Å². The Morgan fingerprint density at radius 3 is 2.19 bits per heavy atom. The molecule has 1 N–H and O–H groups in total. The van der Waals surface area contributed by atoms with Crippen molar-refractivity contribution in [3.8, 4) is 0 Å². The molecule has 0 spiro atoms. The maximum absolute atomic E-state index is 12.8. The van der Waals surface area contributed by atoms with Crippen LogP contribution in [-0.2, 0) is 14.6 Å². The van der Waals surface area contributed by atoms with E-state index in [1.54, 1.807) is 0 Å². The second-order valence-electron chi connectivity index (χ2n) is 7.41. The van der Waals surface area contributed by atoms with Crippen molar-refractivity contribution in [2.45, 2.75) is 24.6 Å². The zero-order chi connectivity index (χ0) is 18.3. The van der Waals surface area contributed by atoms with Crippen LogP contribution in [0.3, 0.4) is 0 Å². The third-order valence-corrected chi connectivity index (χ3v) is 7.50.